The molecule has 2 nitrogen and oxygen atoms in total. The van der Waals surface area contributed by atoms with Crippen molar-refractivity contribution < 1.29 is 22.7 Å². The molecule has 0 saturated carbocycles. The minimum atomic E-state index is -4.70. The van der Waals surface area contributed by atoms with E-state index in [4.69, 9.17) is 5.73 Å². The number of aliphatic hydroxyl groups is 1. The minimum absolute atomic E-state index is 0. The van der Waals surface area contributed by atoms with Crippen molar-refractivity contribution in [1.29, 1.82) is 0 Å². The maximum Gasteiger partial charge on any atom is 0.416 e. The second-order valence-electron chi connectivity index (χ2n) is 5.26. The quantitative estimate of drug-likeness (QED) is 0.800. The van der Waals surface area contributed by atoms with Crippen molar-refractivity contribution in [2.75, 3.05) is 0 Å². The van der Waals surface area contributed by atoms with E-state index in [1.807, 2.05) is 13.8 Å². The van der Waals surface area contributed by atoms with E-state index in [1.54, 1.807) is 0 Å². The summed E-state index contributed by atoms with van der Waals surface area (Å²) in [5.74, 6) is -0.768. The van der Waals surface area contributed by atoms with Crippen LogP contribution in [0.5, 0.6) is 0 Å². The van der Waals surface area contributed by atoms with Crippen molar-refractivity contribution in [3.05, 3.63) is 35.1 Å². The first kappa shape index (κ1) is 20.1. The zero-order valence-electron chi connectivity index (χ0n) is 11.8. The maximum atomic E-state index is 13.7. The van der Waals surface area contributed by atoms with Crippen LogP contribution in [0.2, 0.25) is 0 Å². The molecule has 0 saturated heterocycles. The molecule has 0 aliphatic carbocycles. The summed E-state index contributed by atoms with van der Waals surface area (Å²) >= 11 is 0. The summed E-state index contributed by atoms with van der Waals surface area (Å²) < 4.78 is 52.3. The number of benzene rings is 1. The van der Waals surface area contributed by atoms with Crippen LogP contribution < -0.4 is 5.73 Å². The Morgan fingerprint density at radius 3 is 2.24 bits per heavy atom. The van der Waals surface area contributed by atoms with Crippen molar-refractivity contribution in [2.24, 2.45) is 11.7 Å². The molecule has 0 fully saturated rings. The highest BCUT2D eigenvalue weighted by molar-refractivity contribution is 5.85. The van der Waals surface area contributed by atoms with Crippen molar-refractivity contribution in [2.45, 2.75) is 45.0 Å². The van der Waals surface area contributed by atoms with Crippen LogP contribution in [-0.4, -0.2) is 11.2 Å². The SMILES string of the molecule is CC(C)CC[C@H](O)[C@H](N)c1c(F)cccc1C(F)(F)F.Cl. The van der Waals surface area contributed by atoms with E-state index in [1.165, 1.54) is 0 Å². The third kappa shape index (κ3) is 5.45. The van der Waals surface area contributed by atoms with Crippen LogP contribution >= 0.6 is 12.4 Å². The van der Waals surface area contributed by atoms with Gasteiger partial charge in [-0.3, -0.25) is 0 Å². The molecule has 7 heteroatoms. The van der Waals surface area contributed by atoms with Crippen LogP contribution in [0.1, 0.15) is 43.9 Å². The lowest BCUT2D eigenvalue weighted by molar-refractivity contribution is -0.138. The molecule has 0 aromatic heterocycles. The predicted octanol–water partition coefficient (Wildman–Crippen LogP) is 4.06. The van der Waals surface area contributed by atoms with Gasteiger partial charge in [-0.15, -0.1) is 12.4 Å². The molecule has 0 heterocycles. The predicted molar refractivity (Wildman–Crippen MR) is 75.7 cm³/mol. The minimum Gasteiger partial charge on any atom is -0.391 e. The molecular formula is C14H20ClF4NO. The van der Waals surface area contributed by atoms with Crippen molar-refractivity contribution >= 4 is 12.4 Å². The normalized spacial score (nSPS) is 14.7. The third-order valence-corrected chi connectivity index (χ3v) is 3.15. The maximum absolute atomic E-state index is 13.7. The van der Waals surface area contributed by atoms with Crippen LogP contribution in [0.4, 0.5) is 17.6 Å². The fourth-order valence-electron chi connectivity index (χ4n) is 2.00. The molecule has 21 heavy (non-hydrogen) atoms. The highest BCUT2D eigenvalue weighted by Gasteiger charge is 2.37. The molecule has 2 atom stereocenters. The summed E-state index contributed by atoms with van der Waals surface area (Å²) in [6, 6.07) is 1.27. The van der Waals surface area contributed by atoms with E-state index in [0.717, 1.165) is 18.2 Å². The Kier molecular flexibility index (Phi) is 7.64. The third-order valence-electron chi connectivity index (χ3n) is 3.15. The van der Waals surface area contributed by atoms with Gasteiger partial charge in [-0.2, -0.15) is 13.2 Å². The molecule has 3 N–H and O–H groups in total. The van der Waals surface area contributed by atoms with Crippen LogP contribution in [0, 0.1) is 11.7 Å². The summed E-state index contributed by atoms with van der Waals surface area (Å²) in [6.45, 7) is 3.84. The smallest absolute Gasteiger partial charge is 0.391 e. The fourth-order valence-corrected chi connectivity index (χ4v) is 2.00. The summed E-state index contributed by atoms with van der Waals surface area (Å²) in [5.41, 5.74) is 3.83. The Morgan fingerprint density at radius 2 is 1.76 bits per heavy atom. The summed E-state index contributed by atoms with van der Waals surface area (Å²) in [7, 11) is 0. The lowest BCUT2D eigenvalue weighted by Crippen LogP contribution is -2.30. The number of halogens is 5. The molecule has 1 aromatic carbocycles. The standard InChI is InChI=1S/C14H19F4NO.ClH/c1-8(2)6-7-11(20)13(19)12-9(14(16,17)18)4-3-5-10(12)15;/h3-5,8,11,13,20H,6-7,19H2,1-2H3;1H/t11-,13-;/m0./s1. The number of aliphatic hydroxyl groups excluding tert-OH is 1. The summed E-state index contributed by atoms with van der Waals surface area (Å²) in [6.07, 6.45) is -5.09. The van der Waals surface area contributed by atoms with Gasteiger partial charge in [0.2, 0.25) is 0 Å². The topological polar surface area (TPSA) is 46.2 Å². The van der Waals surface area contributed by atoms with E-state index < -0.39 is 35.3 Å². The van der Waals surface area contributed by atoms with Gasteiger partial charge in [0.05, 0.1) is 17.7 Å². The molecule has 0 aliphatic rings. The van der Waals surface area contributed by atoms with Crippen LogP contribution in [-0.2, 0) is 6.18 Å². The Hall–Kier alpha value is -0.850. The molecule has 0 amide bonds. The zero-order chi connectivity index (χ0) is 15.5. The van der Waals surface area contributed by atoms with Gasteiger partial charge in [-0.25, -0.2) is 4.39 Å². The fraction of sp³-hybridized carbons (Fsp3) is 0.571. The van der Waals surface area contributed by atoms with Gasteiger partial charge in [0.15, 0.2) is 0 Å². The lowest BCUT2D eigenvalue weighted by Gasteiger charge is -2.23. The molecule has 0 spiro atoms. The highest BCUT2D eigenvalue weighted by atomic mass is 35.5. The number of hydrogen-bond donors (Lipinski definition) is 2. The van der Waals surface area contributed by atoms with E-state index in [9.17, 15) is 22.7 Å². The molecule has 0 radical (unpaired) electrons. The average molecular weight is 330 g/mol. The van der Waals surface area contributed by atoms with Gasteiger partial charge < -0.3 is 10.8 Å². The van der Waals surface area contributed by atoms with Gasteiger partial charge in [-0.05, 0) is 30.9 Å². The second kappa shape index (κ2) is 7.96. The summed E-state index contributed by atoms with van der Waals surface area (Å²) in [5, 5.41) is 9.88. The molecular weight excluding hydrogens is 310 g/mol. The van der Waals surface area contributed by atoms with Crippen LogP contribution in [0.25, 0.3) is 0 Å². The number of hydrogen-bond acceptors (Lipinski definition) is 2. The first-order valence-electron chi connectivity index (χ1n) is 6.43. The second-order valence-corrected chi connectivity index (χ2v) is 5.26. The van der Waals surface area contributed by atoms with Gasteiger partial charge in [0, 0.05) is 5.56 Å². The monoisotopic (exact) mass is 329 g/mol. The van der Waals surface area contributed by atoms with Gasteiger partial charge >= 0.3 is 6.18 Å². The van der Waals surface area contributed by atoms with E-state index >= 15 is 0 Å². The van der Waals surface area contributed by atoms with E-state index in [2.05, 4.69) is 0 Å². The number of alkyl halides is 3. The zero-order valence-corrected chi connectivity index (χ0v) is 12.6. The molecule has 0 aliphatic heterocycles. The Bertz CT molecular complexity index is 451. The van der Waals surface area contributed by atoms with E-state index in [-0.39, 0.29) is 24.7 Å². The lowest BCUT2D eigenvalue weighted by atomic mass is 9.92. The van der Waals surface area contributed by atoms with Crippen LogP contribution in [0.3, 0.4) is 0 Å². The summed E-state index contributed by atoms with van der Waals surface area (Å²) in [4.78, 5) is 0. The van der Waals surface area contributed by atoms with Crippen molar-refractivity contribution in [3.63, 3.8) is 0 Å². The molecule has 0 unspecified atom stereocenters. The number of nitrogens with two attached hydrogens (primary N) is 1. The van der Waals surface area contributed by atoms with Crippen LogP contribution in [0.15, 0.2) is 18.2 Å². The average Bonchev–Trinajstić information content (AvgIpc) is 2.33. The first-order valence-corrected chi connectivity index (χ1v) is 6.43. The molecule has 1 rings (SSSR count). The molecule has 122 valence electrons. The van der Waals surface area contributed by atoms with Crippen molar-refractivity contribution in [3.8, 4) is 0 Å². The van der Waals surface area contributed by atoms with Gasteiger partial charge in [0.1, 0.15) is 5.82 Å². The van der Waals surface area contributed by atoms with Gasteiger partial charge in [0.25, 0.3) is 0 Å². The first-order chi connectivity index (χ1) is 9.14. The Labute approximate surface area is 127 Å². The Morgan fingerprint density at radius 1 is 1.19 bits per heavy atom. The Balaban J connectivity index is 0.00000400. The van der Waals surface area contributed by atoms with Gasteiger partial charge in [-0.1, -0.05) is 19.9 Å². The highest BCUT2D eigenvalue weighted by Crippen LogP contribution is 2.36. The van der Waals surface area contributed by atoms with Crippen molar-refractivity contribution in [1.82, 2.24) is 0 Å². The van der Waals surface area contributed by atoms with E-state index in [0.29, 0.717) is 6.42 Å². The largest absolute Gasteiger partial charge is 0.416 e. The molecule has 1 aromatic rings. The number of rotatable bonds is 5. The molecule has 0 bridgehead atoms.